The van der Waals surface area contributed by atoms with E-state index in [0.29, 0.717) is 18.8 Å². The lowest BCUT2D eigenvalue weighted by Gasteiger charge is -2.58. The van der Waals surface area contributed by atoms with Crippen molar-refractivity contribution in [3.63, 3.8) is 0 Å². The van der Waals surface area contributed by atoms with E-state index >= 15 is 0 Å². The van der Waals surface area contributed by atoms with Gasteiger partial charge < -0.3 is 29.4 Å². The van der Waals surface area contributed by atoms with Gasteiger partial charge in [-0.15, -0.1) is 0 Å². The first kappa shape index (κ1) is 27.5. The average Bonchev–Trinajstić information content (AvgIpc) is 3.61. The molecule has 0 radical (unpaired) electrons. The lowest BCUT2D eigenvalue weighted by atomic mass is 9.58. The summed E-state index contributed by atoms with van der Waals surface area (Å²) in [6.45, 7) is 6.97. The highest BCUT2D eigenvalue weighted by Gasteiger charge is 2.70. The number of aliphatic hydroxyl groups excluding tert-OH is 1. The maximum absolute atomic E-state index is 14.1. The molecule has 8 rings (SSSR count). The minimum atomic E-state index is -0.939. The number of hydrogen-bond donors (Lipinski definition) is 3. The van der Waals surface area contributed by atoms with Crippen LogP contribution in [0.5, 0.6) is 0 Å². The van der Waals surface area contributed by atoms with Gasteiger partial charge in [0.15, 0.2) is 5.60 Å². The number of fused-ring (bicyclic) bond motifs is 4. The third-order valence-corrected chi connectivity index (χ3v) is 11.5. The van der Waals surface area contributed by atoms with Crippen molar-refractivity contribution in [2.24, 2.45) is 41.2 Å². The maximum atomic E-state index is 14.1. The average molecular weight is 560 g/mol. The van der Waals surface area contributed by atoms with Gasteiger partial charge in [0, 0.05) is 37.0 Å². The number of ether oxygens (including phenoxy) is 4. The Kier molecular flexibility index (Phi) is 6.76. The Morgan fingerprint density at radius 2 is 1.88 bits per heavy atom. The number of aliphatic hydroxyl groups is 1. The molecule has 8 unspecified atom stereocenters. The quantitative estimate of drug-likeness (QED) is 0.267. The number of epoxide rings is 1. The third-order valence-electron chi connectivity index (χ3n) is 11.5. The van der Waals surface area contributed by atoms with E-state index in [2.05, 4.69) is 17.5 Å². The van der Waals surface area contributed by atoms with Gasteiger partial charge >= 0.3 is 5.97 Å². The minimum Gasteiger partial charge on any atom is -0.457 e. The molecule has 6 aliphatic heterocycles. The Balaban J connectivity index is 1.15. The van der Waals surface area contributed by atoms with Gasteiger partial charge in [-0.2, -0.15) is 0 Å². The lowest BCUT2D eigenvalue weighted by Crippen LogP contribution is -2.94. The minimum absolute atomic E-state index is 0.0151. The smallest absolute Gasteiger partial charge is 0.342 e. The van der Waals surface area contributed by atoms with Crippen molar-refractivity contribution in [1.29, 1.82) is 0 Å². The van der Waals surface area contributed by atoms with Crippen molar-refractivity contribution in [2.45, 2.75) is 126 Å². The Bertz CT molecular complexity index is 1060. The number of rotatable bonds is 3. The number of allylic oxidation sites excluding steroid dienone is 1. The van der Waals surface area contributed by atoms with Crippen LogP contribution in [0.2, 0.25) is 0 Å². The van der Waals surface area contributed by atoms with E-state index in [1.54, 1.807) is 0 Å². The lowest BCUT2D eigenvalue weighted by molar-refractivity contribution is -0.699. The van der Waals surface area contributed by atoms with Crippen LogP contribution in [0, 0.1) is 35.5 Å². The number of piperidine rings is 1. The topological polar surface area (TPSA) is 137 Å². The molecule has 6 heterocycles. The number of ketones is 1. The molecule has 0 aromatic heterocycles. The summed E-state index contributed by atoms with van der Waals surface area (Å²) >= 11 is 0. The standard InChI is InChI=1S/C31H46N2O7/c1-15-12-19(34)25-20(37-15)14-21-26(27(25)35)24-17-5-7-18(8-6-17)31(29(36)38-28(24)30(2,3)39-21)22(40-31)9-4-16-10-11-33-23(32)13-16/h5,7,15-18,20-28,33,35H,4,6,8-14,32H2,1-3H3/p+1/t15?,16?,17-,18-,20?,21?,22-,23?,24+,25?,26?,27?,28-,31-/m1/s1. The van der Waals surface area contributed by atoms with Gasteiger partial charge in [0.05, 0.1) is 43.0 Å². The molecule has 1 saturated carbocycles. The van der Waals surface area contributed by atoms with Gasteiger partial charge in [-0.3, -0.25) is 10.5 Å². The van der Waals surface area contributed by atoms with E-state index in [-0.39, 0.29) is 66.0 Å². The van der Waals surface area contributed by atoms with Crippen molar-refractivity contribution in [3.05, 3.63) is 12.2 Å². The van der Waals surface area contributed by atoms with Gasteiger partial charge in [0.25, 0.3) is 0 Å². The molecule has 40 heavy (non-hydrogen) atoms. The first-order chi connectivity index (χ1) is 19.1. The maximum Gasteiger partial charge on any atom is 0.342 e. The summed E-state index contributed by atoms with van der Waals surface area (Å²) in [5.74, 6) is -0.553. The highest BCUT2D eigenvalue weighted by molar-refractivity contribution is 5.85. The van der Waals surface area contributed by atoms with Crippen LogP contribution in [0.25, 0.3) is 0 Å². The molecule has 6 fully saturated rings. The second kappa shape index (κ2) is 9.85. The fourth-order valence-electron chi connectivity index (χ4n) is 9.62. The Morgan fingerprint density at radius 3 is 2.62 bits per heavy atom. The van der Waals surface area contributed by atoms with Crippen LogP contribution >= 0.6 is 0 Å². The van der Waals surface area contributed by atoms with E-state index in [9.17, 15) is 14.7 Å². The zero-order valence-corrected chi connectivity index (χ0v) is 24.1. The second-order valence-electron chi connectivity index (χ2n) is 14.4. The summed E-state index contributed by atoms with van der Waals surface area (Å²) in [5, 5.41) is 14.0. The van der Waals surface area contributed by atoms with Crippen LogP contribution in [0.15, 0.2) is 12.2 Å². The molecule has 2 aliphatic carbocycles. The molecule has 9 nitrogen and oxygen atoms in total. The summed E-state index contributed by atoms with van der Waals surface area (Å²) in [7, 11) is 0. The fraction of sp³-hybridized carbons (Fsp3) is 0.871. The molecule has 9 heteroatoms. The van der Waals surface area contributed by atoms with Crippen molar-refractivity contribution < 1.29 is 39.0 Å². The van der Waals surface area contributed by atoms with E-state index in [4.69, 9.17) is 24.7 Å². The Labute approximate surface area is 236 Å². The highest BCUT2D eigenvalue weighted by atomic mass is 16.7. The third kappa shape index (κ3) is 4.33. The van der Waals surface area contributed by atoms with Crippen LogP contribution in [0.3, 0.4) is 0 Å². The normalized spacial score (nSPS) is 53.0. The van der Waals surface area contributed by atoms with Crippen molar-refractivity contribution in [1.82, 2.24) is 0 Å². The second-order valence-corrected chi connectivity index (χ2v) is 14.4. The predicted molar refractivity (Wildman–Crippen MR) is 144 cm³/mol. The summed E-state index contributed by atoms with van der Waals surface area (Å²) in [4.78, 5) is 27.2. The highest BCUT2D eigenvalue weighted by Crippen LogP contribution is 2.57. The monoisotopic (exact) mass is 559 g/mol. The molecular weight excluding hydrogens is 512 g/mol. The first-order valence-corrected chi connectivity index (χ1v) is 15.8. The van der Waals surface area contributed by atoms with E-state index in [1.165, 1.54) is 0 Å². The molecule has 0 aromatic rings. The van der Waals surface area contributed by atoms with E-state index in [0.717, 1.165) is 45.1 Å². The molecule has 0 amide bonds. The van der Waals surface area contributed by atoms with Crippen LogP contribution < -0.4 is 11.1 Å². The van der Waals surface area contributed by atoms with E-state index in [1.807, 2.05) is 20.8 Å². The van der Waals surface area contributed by atoms with Crippen LogP contribution in [0.1, 0.15) is 72.1 Å². The van der Waals surface area contributed by atoms with Gasteiger partial charge in [-0.25, -0.2) is 4.79 Å². The molecule has 14 atom stereocenters. The number of nitrogens with two attached hydrogens (primary N) is 2. The van der Waals surface area contributed by atoms with Crippen LogP contribution in [-0.2, 0) is 28.5 Å². The molecule has 0 aromatic carbocycles. The van der Waals surface area contributed by atoms with Crippen LogP contribution in [0.4, 0.5) is 0 Å². The molecular formula is C31H47N2O7+. The molecule has 5 saturated heterocycles. The molecule has 5 N–H and O–H groups in total. The Hall–Kier alpha value is -1.36. The van der Waals surface area contributed by atoms with Crippen molar-refractivity contribution in [3.8, 4) is 0 Å². The fourth-order valence-corrected chi connectivity index (χ4v) is 9.62. The molecule has 2 bridgehead atoms. The van der Waals surface area contributed by atoms with Gasteiger partial charge in [0.2, 0.25) is 0 Å². The van der Waals surface area contributed by atoms with Gasteiger partial charge in [-0.05, 0) is 64.7 Å². The summed E-state index contributed by atoms with van der Waals surface area (Å²) in [6, 6.07) is 0. The van der Waals surface area contributed by atoms with Crippen molar-refractivity contribution >= 4 is 11.8 Å². The predicted octanol–water partition coefficient (Wildman–Crippen LogP) is 1.21. The van der Waals surface area contributed by atoms with Crippen LogP contribution in [-0.4, -0.2) is 77.4 Å². The first-order valence-electron chi connectivity index (χ1n) is 15.8. The zero-order valence-electron chi connectivity index (χ0n) is 24.1. The largest absolute Gasteiger partial charge is 0.457 e. The SMILES string of the molecule is CC1CC(=O)C2C(CC3OC(C)(C)[C@@H]4OC(=O)[C@@]5(O[C@@H]5CCC5CC[NH2+]C(N)C5)[C@@H]5C=C[C@H](CC5)[C@H]4C3C2O)O1. The summed E-state index contributed by atoms with van der Waals surface area (Å²) in [6.07, 6.45) is 8.88. The molecule has 222 valence electrons. The molecule has 1 spiro atoms. The van der Waals surface area contributed by atoms with Gasteiger partial charge in [-0.1, -0.05) is 12.2 Å². The molecule has 8 aliphatic rings. The van der Waals surface area contributed by atoms with E-state index < -0.39 is 29.3 Å². The van der Waals surface area contributed by atoms with Gasteiger partial charge in [0.1, 0.15) is 23.7 Å². The number of carbonyl (C=O) groups excluding carboxylic acids is 2. The van der Waals surface area contributed by atoms with Crippen molar-refractivity contribution in [2.75, 3.05) is 6.54 Å². The summed E-state index contributed by atoms with van der Waals surface area (Å²) < 4.78 is 25.7. The number of esters is 1. The Morgan fingerprint density at radius 1 is 1.05 bits per heavy atom. The number of carbonyl (C=O) groups is 2. The summed E-state index contributed by atoms with van der Waals surface area (Å²) in [5.41, 5.74) is 4.48. The zero-order chi connectivity index (χ0) is 28.0. The number of quaternary nitrogens is 1. The number of Topliss-reactive ketones (excluding diaryl/α,β-unsaturated/α-hetero) is 1. The number of hydrogen-bond acceptors (Lipinski definition) is 8.